The van der Waals surface area contributed by atoms with Gasteiger partial charge in [-0.25, -0.2) is 4.39 Å². The zero-order valence-corrected chi connectivity index (χ0v) is 18.4. The average Bonchev–Trinajstić information content (AvgIpc) is 3.43. The molecule has 0 spiro atoms. The van der Waals surface area contributed by atoms with Crippen molar-refractivity contribution in [1.29, 1.82) is 0 Å². The number of para-hydroxylation sites is 1. The molecular weight excluding hydrogens is 445 g/mol. The van der Waals surface area contributed by atoms with Crippen molar-refractivity contribution in [2.24, 2.45) is 0 Å². The number of rotatable bonds is 6. The molecule has 0 atom stereocenters. The van der Waals surface area contributed by atoms with E-state index >= 15 is 0 Å². The Balaban J connectivity index is 1.24. The molecule has 2 aromatic heterocycles. The number of hydrogen-bond acceptors (Lipinski definition) is 3. The Morgan fingerprint density at radius 2 is 2.03 bits per heavy atom. The molecule has 0 aliphatic carbocycles. The molecular formula is C24H21ClFN5O2. The predicted octanol–water partition coefficient (Wildman–Crippen LogP) is 3.79. The summed E-state index contributed by atoms with van der Waals surface area (Å²) >= 11 is 6.11. The fourth-order valence-corrected chi connectivity index (χ4v) is 4.34. The van der Waals surface area contributed by atoms with Crippen LogP contribution in [0.5, 0.6) is 0 Å². The quantitative estimate of drug-likeness (QED) is 0.454. The molecule has 1 aliphatic rings. The molecule has 0 fully saturated rings. The number of nitrogens with one attached hydrogen (secondary N) is 2. The summed E-state index contributed by atoms with van der Waals surface area (Å²) in [5.74, 6) is -1.11. The Morgan fingerprint density at radius 3 is 2.88 bits per heavy atom. The molecule has 5 rings (SSSR count). The van der Waals surface area contributed by atoms with Crippen LogP contribution in [0, 0.1) is 5.82 Å². The summed E-state index contributed by atoms with van der Waals surface area (Å²) in [6.07, 6.45) is 2.61. The van der Waals surface area contributed by atoms with E-state index in [-0.39, 0.29) is 34.6 Å². The lowest BCUT2D eigenvalue weighted by atomic mass is 10.1. The maximum absolute atomic E-state index is 14.2. The van der Waals surface area contributed by atoms with Crippen molar-refractivity contribution >= 4 is 34.3 Å². The van der Waals surface area contributed by atoms with Crippen LogP contribution in [0.2, 0.25) is 5.02 Å². The van der Waals surface area contributed by atoms with Crippen LogP contribution in [0.25, 0.3) is 10.9 Å². The number of aromatic amines is 1. The highest BCUT2D eigenvalue weighted by molar-refractivity contribution is 6.31. The number of benzene rings is 2. The maximum Gasteiger partial charge on any atom is 0.272 e. The number of carbonyl (C=O) groups is 2. The van der Waals surface area contributed by atoms with Crippen molar-refractivity contribution in [2.45, 2.75) is 19.5 Å². The molecule has 9 heteroatoms. The third kappa shape index (κ3) is 4.09. The fourth-order valence-electron chi connectivity index (χ4n) is 4.11. The fraction of sp³-hybridized carbons (Fsp3) is 0.208. The van der Waals surface area contributed by atoms with E-state index < -0.39 is 5.82 Å². The number of hydrogen-bond donors (Lipinski definition) is 2. The maximum atomic E-state index is 14.2. The van der Waals surface area contributed by atoms with E-state index in [0.717, 1.165) is 16.5 Å². The van der Waals surface area contributed by atoms with Crippen LogP contribution in [-0.2, 0) is 19.5 Å². The molecule has 2 aromatic carbocycles. The largest absolute Gasteiger partial charge is 0.361 e. The van der Waals surface area contributed by atoms with Gasteiger partial charge in [-0.2, -0.15) is 5.10 Å². The highest BCUT2D eigenvalue weighted by Crippen LogP contribution is 2.23. The van der Waals surface area contributed by atoms with Gasteiger partial charge in [-0.05, 0) is 30.2 Å². The molecule has 2 N–H and O–H groups in total. The van der Waals surface area contributed by atoms with Gasteiger partial charge in [0.05, 0.1) is 13.1 Å². The molecule has 168 valence electrons. The van der Waals surface area contributed by atoms with Crippen molar-refractivity contribution in [2.75, 3.05) is 13.1 Å². The van der Waals surface area contributed by atoms with Gasteiger partial charge in [0.15, 0.2) is 5.69 Å². The van der Waals surface area contributed by atoms with Gasteiger partial charge in [0.1, 0.15) is 11.5 Å². The van der Waals surface area contributed by atoms with Crippen molar-refractivity contribution < 1.29 is 14.0 Å². The lowest BCUT2D eigenvalue weighted by molar-refractivity contribution is 0.0681. The Labute approximate surface area is 194 Å². The van der Waals surface area contributed by atoms with Crippen molar-refractivity contribution in [3.05, 3.63) is 88.1 Å². The molecule has 0 bridgehead atoms. The van der Waals surface area contributed by atoms with E-state index in [9.17, 15) is 14.0 Å². The summed E-state index contributed by atoms with van der Waals surface area (Å²) in [5.41, 5.74) is 2.93. The SMILES string of the molecule is O=C(NCCc1c[nH]c2ccccc12)c1cc2n(n1)CCN(Cc1c(F)cccc1Cl)C2=O. The number of halogens is 2. The highest BCUT2D eigenvalue weighted by Gasteiger charge is 2.29. The van der Waals surface area contributed by atoms with Crippen LogP contribution in [0.1, 0.15) is 32.1 Å². The molecule has 0 saturated heterocycles. The van der Waals surface area contributed by atoms with Gasteiger partial charge in [0, 0.05) is 46.8 Å². The van der Waals surface area contributed by atoms with Crippen LogP contribution < -0.4 is 5.32 Å². The van der Waals surface area contributed by atoms with Gasteiger partial charge in [-0.1, -0.05) is 35.9 Å². The summed E-state index contributed by atoms with van der Waals surface area (Å²) in [6, 6.07) is 13.9. The first-order valence-corrected chi connectivity index (χ1v) is 11.0. The lowest BCUT2D eigenvalue weighted by Gasteiger charge is -2.27. The third-order valence-electron chi connectivity index (χ3n) is 5.87. The second-order valence-corrected chi connectivity index (χ2v) is 8.34. The topological polar surface area (TPSA) is 83.0 Å². The van der Waals surface area contributed by atoms with Crippen LogP contribution >= 0.6 is 11.6 Å². The van der Waals surface area contributed by atoms with Crippen LogP contribution in [-0.4, -0.2) is 44.6 Å². The molecule has 3 heterocycles. The van der Waals surface area contributed by atoms with Gasteiger partial charge in [-0.15, -0.1) is 0 Å². The first-order valence-electron chi connectivity index (χ1n) is 10.6. The highest BCUT2D eigenvalue weighted by atomic mass is 35.5. The monoisotopic (exact) mass is 465 g/mol. The normalized spacial score (nSPS) is 13.4. The second kappa shape index (κ2) is 8.71. The minimum atomic E-state index is -0.454. The Bertz CT molecular complexity index is 1340. The number of fused-ring (bicyclic) bond motifs is 2. The summed E-state index contributed by atoms with van der Waals surface area (Å²) in [4.78, 5) is 30.3. The molecule has 1 aliphatic heterocycles. The van der Waals surface area contributed by atoms with E-state index in [0.29, 0.717) is 31.7 Å². The van der Waals surface area contributed by atoms with E-state index in [2.05, 4.69) is 15.4 Å². The number of carbonyl (C=O) groups excluding carboxylic acids is 2. The number of amides is 2. The summed E-state index contributed by atoms with van der Waals surface area (Å²) in [7, 11) is 0. The van der Waals surface area contributed by atoms with Gasteiger partial charge in [0.2, 0.25) is 0 Å². The first-order chi connectivity index (χ1) is 16.0. The Morgan fingerprint density at radius 1 is 1.18 bits per heavy atom. The average molecular weight is 466 g/mol. The lowest BCUT2D eigenvalue weighted by Crippen LogP contribution is -2.40. The standard InChI is InChI=1S/C24H21ClFN5O2/c25-18-5-3-6-19(26)17(18)14-30-10-11-31-22(24(30)33)12-21(29-31)23(32)27-9-8-15-13-28-20-7-2-1-4-16(15)20/h1-7,12-13,28H,8-11,14H2,(H,27,32). The van der Waals surface area contributed by atoms with E-state index in [1.54, 1.807) is 6.07 Å². The van der Waals surface area contributed by atoms with Crippen LogP contribution in [0.15, 0.2) is 54.7 Å². The van der Waals surface area contributed by atoms with E-state index in [1.165, 1.54) is 27.8 Å². The Hall–Kier alpha value is -3.65. The zero-order valence-electron chi connectivity index (χ0n) is 17.6. The van der Waals surface area contributed by atoms with Crippen molar-refractivity contribution in [1.82, 2.24) is 25.0 Å². The van der Waals surface area contributed by atoms with Crippen molar-refractivity contribution in [3.63, 3.8) is 0 Å². The van der Waals surface area contributed by atoms with E-state index in [1.807, 2.05) is 30.5 Å². The smallest absolute Gasteiger partial charge is 0.272 e. The second-order valence-electron chi connectivity index (χ2n) is 7.93. The Kier molecular flexibility index (Phi) is 5.60. The summed E-state index contributed by atoms with van der Waals surface area (Å²) < 4.78 is 15.7. The molecule has 2 amide bonds. The molecule has 4 aromatic rings. The van der Waals surface area contributed by atoms with Gasteiger partial charge in [-0.3, -0.25) is 14.3 Å². The molecule has 0 radical (unpaired) electrons. The molecule has 33 heavy (non-hydrogen) atoms. The molecule has 7 nitrogen and oxygen atoms in total. The molecule has 0 saturated carbocycles. The van der Waals surface area contributed by atoms with E-state index in [4.69, 9.17) is 11.6 Å². The first kappa shape index (κ1) is 21.2. The third-order valence-corrected chi connectivity index (χ3v) is 6.22. The minimum absolute atomic E-state index is 0.0572. The number of nitrogens with zero attached hydrogens (tertiary/aromatic N) is 3. The number of H-pyrrole nitrogens is 1. The van der Waals surface area contributed by atoms with Gasteiger partial charge < -0.3 is 15.2 Å². The number of aromatic nitrogens is 3. The van der Waals surface area contributed by atoms with Crippen LogP contribution in [0.3, 0.4) is 0 Å². The predicted molar refractivity (Wildman–Crippen MR) is 123 cm³/mol. The van der Waals surface area contributed by atoms with Gasteiger partial charge >= 0.3 is 0 Å². The van der Waals surface area contributed by atoms with Gasteiger partial charge in [0.25, 0.3) is 11.8 Å². The van der Waals surface area contributed by atoms with Crippen LogP contribution in [0.4, 0.5) is 4.39 Å². The molecule has 0 unspecified atom stereocenters. The minimum Gasteiger partial charge on any atom is -0.361 e. The van der Waals surface area contributed by atoms with Crippen molar-refractivity contribution in [3.8, 4) is 0 Å². The summed E-state index contributed by atoms with van der Waals surface area (Å²) in [5, 5.41) is 8.57. The zero-order chi connectivity index (χ0) is 22.9. The summed E-state index contributed by atoms with van der Waals surface area (Å²) in [6.45, 7) is 1.26.